The van der Waals surface area contributed by atoms with Crippen LogP contribution in [0.3, 0.4) is 0 Å². The van der Waals surface area contributed by atoms with Crippen molar-refractivity contribution < 1.29 is 4.79 Å². The molecular weight excluding hydrogens is 126 g/mol. The van der Waals surface area contributed by atoms with Crippen molar-refractivity contribution in [3.8, 4) is 0 Å². The highest BCUT2D eigenvalue weighted by Crippen LogP contribution is 1.91. The molecule has 0 aliphatic heterocycles. The molecule has 2 nitrogen and oxygen atoms in total. The molecule has 0 aromatic heterocycles. The van der Waals surface area contributed by atoms with E-state index in [4.69, 9.17) is 0 Å². The van der Waals surface area contributed by atoms with E-state index in [2.05, 4.69) is 19.2 Å². The van der Waals surface area contributed by atoms with E-state index in [1.165, 1.54) is 12.8 Å². The van der Waals surface area contributed by atoms with Crippen molar-refractivity contribution in [3.63, 3.8) is 0 Å². The topological polar surface area (TPSA) is 29.1 Å². The van der Waals surface area contributed by atoms with Crippen LogP contribution in [0, 0.1) is 6.92 Å². The molecule has 0 aliphatic carbocycles. The summed E-state index contributed by atoms with van der Waals surface area (Å²) in [6, 6.07) is -0.225. The third kappa shape index (κ3) is 5.76. The van der Waals surface area contributed by atoms with E-state index >= 15 is 0 Å². The minimum absolute atomic E-state index is 0.225. The summed E-state index contributed by atoms with van der Waals surface area (Å²) in [5.41, 5.74) is 0. The average molecular weight is 142 g/mol. The molecule has 59 valence electrons. The SMILES string of the molecule is [CH2]C(C=O)NCCCCC. The highest BCUT2D eigenvalue weighted by atomic mass is 16.1. The van der Waals surface area contributed by atoms with Crippen LogP contribution in [0.1, 0.15) is 26.2 Å². The van der Waals surface area contributed by atoms with Gasteiger partial charge >= 0.3 is 0 Å². The van der Waals surface area contributed by atoms with Crippen LogP contribution in [-0.4, -0.2) is 18.9 Å². The van der Waals surface area contributed by atoms with Gasteiger partial charge in [-0.3, -0.25) is 0 Å². The zero-order valence-corrected chi connectivity index (χ0v) is 6.60. The van der Waals surface area contributed by atoms with Crippen LogP contribution in [0.2, 0.25) is 0 Å². The molecule has 0 fully saturated rings. The number of aldehydes is 1. The number of hydrogen-bond acceptors (Lipinski definition) is 2. The number of unbranched alkanes of at least 4 members (excludes halogenated alkanes) is 2. The van der Waals surface area contributed by atoms with E-state index < -0.39 is 0 Å². The Bertz CT molecular complexity index is 83.3. The van der Waals surface area contributed by atoms with Crippen molar-refractivity contribution in [1.29, 1.82) is 0 Å². The summed E-state index contributed by atoms with van der Waals surface area (Å²) in [4.78, 5) is 10.0. The third-order valence-electron chi connectivity index (χ3n) is 1.35. The average Bonchev–Trinajstić information content (AvgIpc) is 1.98. The molecule has 0 saturated carbocycles. The van der Waals surface area contributed by atoms with E-state index in [0.717, 1.165) is 19.3 Å². The van der Waals surface area contributed by atoms with Gasteiger partial charge in [-0.15, -0.1) is 0 Å². The fraction of sp³-hybridized carbons (Fsp3) is 0.750. The Morgan fingerprint density at radius 2 is 2.30 bits per heavy atom. The molecule has 0 heterocycles. The minimum atomic E-state index is -0.225. The maximum absolute atomic E-state index is 10.0. The fourth-order valence-electron chi connectivity index (χ4n) is 0.711. The molecule has 0 rings (SSSR count). The zero-order valence-electron chi connectivity index (χ0n) is 6.60. The van der Waals surface area contributed by atoms with Gasteiger partial charge in [0.25, 0.3) is 0 Å². The Labute approximate surface area is 63.0 Å². The summed E-state index contributed by atoms with van der Waals surface area (Å²) in [6.07, 6.45) is 4.39. The van der Waals surface area contributed by atoms with Gasteiger partial charge in [0, 0.05) is 0 Å². The maximum atomic E-state index is 10.0. The molecule has 0 spiro atoms. The first kappa shape index (κ1) is 9.63. The van der Waals surface area contributed by atoms with Gasteiger partial charge in [0.15, 0.2) is 0 Å². The van der Waals surface area contributed by atoms with Crippen molar-refractivity contribution in [2.24, 2.45) is 0 Å². The van der Waals surface area contributed by atoms with Crippen molar-refractivity contribution in [3.05, 3.63) is 6.92 Å². The second kappa shape index (κ2) is 6.75. The number of hydrogen-bond donors (Lipinski definition) is 1. The molecule has 0 aromatic carbocycles. The normalized spacial score (nSPS) is 13.0. The minimum Gasteiger partial charge on any atom is -0.308 e. The summed E-state index contributed by atoms with van der Waals surface area (Å²) >= 11 is 0. The van der Waals surface area contributed by atoms with Crippen molar-refractivity contribution in [1.82, 2.24) is 5.32 Å². The van der Waals surface area contributed by atoms with Crippen molar-refractivity contribution in [2.75, 3.05) is 6.54 Å². The predicted molar refractivity (Wildman–Crippen MR) is 42.7 cm³/mol. The van der Waals surface area contributed by atoms with Gasteiger partial charge < -0.3 is 10.1 Å². The largest absolute Gasteiger partial charge is 0.308 e. The highest BCUT2D eigenvalue weighted by Gasteiger charge is 1.94. The van der Waals surface area contributed by atoms with Crippen LogP contribution in [0.25, 0.3) is 0 Å². The number of nitrogens with one attached hydrogen (secondary N) is 1. The van der Waals surface area contributed by atoms with Gasteiger partial charge in [-0.05, 0) is 19.9 Å². The molecule has 1 atom stereocenters. The lowest BCUT2D eigenvalue weighted by Gasteiger charge is -2.04. The molecule has 0 aliphatic rings. The Morgan fingerprint density at radius 3 is 2.80 bits per heavy atom. The first-order valence-electron chi connectivity index (χ1n) is 3.83. The van der Waals surface area contributed by atoms with Gasteiger partial charge in [0.1, 0.15) is 6.29 Å². The zero-order chi connectivity index (χ0) is 7.82. The van der Waals surface area contributed by atoms with Crippen LogP contribution in [0.5, 0.6) is 0 Å². The molecule has 1 unspecified atom stereocenters. The van der Waals surface area contributed by atoms with Gasteiger partial charge in [-0.1, -0.05) is 19.8 Å². The lowest BCUT2D eigenvalue weighted by atomic mass is 10.2. The molecule has 0 aromatic rings. The predicted octanol–water partition coefficient (Wildman–Crippen LogP) is 1.17. The summed E-state index contributed by atoms with van der Waals surface area (Å²) in [5, 5.41) is 2.99. The lowest BCUT2D eigenvalue weighted by molar-refractivity contribution is -0.108. The van der Waals surface area contributed by atoms with E-state index in [1.54, 1.807) is 0 Å². The van der Waals surface area contributed by atoms with Crippen LogP contribution in [-0.2, 0) is 4.79 Å². The van der Waals surface area contributed by atoms with Gasteiger partial charge in [-0.25, -0.2) is 0 Å². The van der Waals surface area contributed by atoms with E-state index in [1.807, 2.05) is 0 Å². The van der Waals surface area contributed by atoms with Crippen LogP contribution in [0.15, 0.2) is 0 Å². The molecule has 0 bridgehead atoms. The number of rotatable bonds is 6. The monoisotopic (exact) mass is 142 g/mol. The van der Waals surface area contributed by atoms with Gasteiger partial charge in [0.05, 0.1) is 6.04 Å². The van der Waals surface area contributed by atoms with E-state index in [0.29, 0.717) is 0 Å². The van der Waals surface area contributed by atoms with Crippen LogP contribution in [0.4, 0.5) is 0 Å². The summed E-state index contributed by atoms with van der Waals surface area (Å²) in [6.45, 7) is 6.63. The van der Waals surface area contributed by atoms with Gasteiger partial charge in [-0.2, -0.15) is 0 Å². The second-order valence-corrected chi connectivity index (χ2v) is 2.40. The van der Waals surface area contributed by atoms with Crippen molar-refractivity contribution >= 4 is 6.29 Å². The molecule has 0 saturated heterocycles. The Hall–Kier alpha value is -0.370. The smallest absolute Gasteiger partial charge is 0.136 e. The summed E-state index contributed by atoms with van der Waals surface area (Å²) < 4.78 is 0. The van der Waals surface area contributed by atoms with Crippen LogP contribution >= 0.6 is 0 Å². The molecule has 1 radical (unpaired) electrons. The van der Waals surface area contributed by atoms with Crippen molar-refractivity contribution in [2.45, 2.75) is 32.2 Å². The molecule has 10 heavy (non-hydrogen) atoms. The summed E-state index contributed by atoms with van der Waals surface area (Å²) in [7, 11) is 0. The lowest BCUT2D eigenvalue weighted by Crippen LogP contribution is -2.28. The summed E-state index contributed by atoms with van der Waals surface area (Å²) in [5.74, 6) is 0. The molecule has 1 N–H and O–H groups in total. The first-order valence-corrected chi connectivity index (χ1v) is 3.83. The molecule has 2 heteroatoms. The number of carbonyl (C=O) groups is 1. The Morgan fingerprint density at radius 1 is 1.60 bits per heavy atom. The quantitative estimate of drug-likeness (QED) is 0.445. The maximum Gasteiger partial charge on any atom is 0.136 e. The molecular formula is C8H16NO. The first-order chi connectivity index (χ1) is 4.81. The van der Waals surface area contributed by atoms with Gasteiger partial charge in [0.2, 0.25) is 0 Å². The van der Waals surface area contributed by atoms with E-state index in [-0.39, 0.29) is 6.04 Å². The third-order valence-corrected chi connectivity index (χ3v) is 1.35. The fourth-order valence-corrected chi connectivity index (χ4v) is 0.711. The standard InChI is InChI=1S/C8H16NO/c1-3-4-5-6-9-8(2)7-10/h7-9H,2-6H2,1H3. The molecule has 0 amide bonds. The number of carbonyl (C=O) groups excluding carboxylic acids is 1. The van der Waals surface area contributed by atoms with Crippen LogP contribution < -0.4 is 5.32 Å². The Kier molecular flexibility index (Phi) is 6.50. The highest BCUT2D eigenvalue weighted by molar-refractivity contribution is 5.58. The van der Waals surface area contributed by atoms with E-state index in [9.17, 15) is 4.79 Å². The Balaban J connectivity index is 2.95. The second-order valence-electron chi connectivity index (χ2n) is 2.40.